The number of hydrogen-bond acceptors (Lipinski definition) is 1. The van der Waals surface area contributed by atoms with Crippen LogP contribution in [0, 0.1) is 6.92 Å². The molecule has 3 aromatic carbocycles. The van der Waals surface area contributed by atoms with Crippen molar-refractivity contribution in [1.29, 1.82) is 0 Å². The Hall–Kier alpha value is -2.74. The van der Waals surface area contributed by atoms with Crippen LogP contribution in [-0.2, 0) is 0 Å². The zero-order chi connectivity index (χ0) is 14.4. The van der Waals surface area contributed by atoms with Crippen LogP contribution in [0.1, 0.15) is 5.56 Å². The van der Waals surface area contributed by atoms with Crippen LogP contribution >= 0.6 is 0 Å². The topological polar surface area (TPSA) is 41.8 Å². The molecule has 3 N–H and O–H groups in total. The second kappa shape index (κ2) is 4.38. The predicted molar refractivity (Wildman–Crippen MR) is 90.4 cm³/mol. The number of rotatable bonds is 1. The minimum absolute atomic E-state index is 0.821. The van der Waals surface area contributed by atoms with Gasteiger partial charge < -0.3 is 10.7 Å². The summed E-state index contributed by atoms with van der Waals surface area (Å²) in [6.07, 6.45) is 0. The number of benzene rings is 3. The highest BCUT2D eigenvalue weighted by atomic mass is 14.7. The van der Waals surface area contributed by atoms with Crippen molar-refractivity contribution in [2.45, 2.75) is 6.92 Å². The maximum atomic E-state index is 6.22. The summed E-state index contributed by atoms with van der Waals surface area (Å²) < 4.78 is 0. The van der Waals surface area contributed by atoms with Gasteiger partial charge in [-0.15, -0.1) is 0 Å². The minimum Gasteiger partial charge on any atom is -0.398 e. The van der Waals surface area contributed by atoms with Gasteiger partial charge in [-0.05, 0) is 24.6 Å². The quantitative estimate of drug-likeness (QED) is 0.476. The molecule has 0 bridgehead atoms. The Labute approximate surface area is 123 Å². The summed E-state index contributed by atoms with van der Waals surface area (Å²) in [5.74, 6) is 0. The van der Waals surface area contributed by atoms with Crippen molar-refractivity contribution in [2.75, 3.05) is 5.73 Å². The Morgan fingerprint density at radius 2 is 1.62 bits per heavy atom. The van der Waals surface area contributed by atoms with Gasteiger partial charge in [0.25, 0.3) is 0 Å². The van der Waals surface area contributed by atoms with E-state index in [1.165, 1.54) is 16.3 Å². The van der Waals surface area contributed by atoms with E-state index in [2.05, 4.69) is 66.5 Å². The van der Waals surface area contributed by atoms with Crippen LogP contribution in [0.15, 0.2) is 60.7 Å². The molecule has 4 rings (SSSR count). The first-order valence-electron chi connectivity index (χ1n) is 7.10. The smallest absolute Gasteiger partial charge is 0.0545 e. The molecule has 1 heterocycles. The molecule has 0 saturated heterocycles. The summed E-state index contributed by atoms with van der Waals surface area (Å²) in [4.78, 5) is 3.53. The molecule has 102 valence electrons. The molecule has 0 atom stereocenters. The standard InChI is InChI=1S/C19H16N2/c1-12-9-10-13(17(20)11-12)15-6-4-7-16-14-5-2-3-8-18(14)21-19(15)16/h2-11,21H,20H2,1H3. The molecule has 0 radical (unpaired) electrons. The van der Waals surface area contributed by atoms with E-state index in [9.17, 15) is 0 Å². The Bertz CT molecular complexity index is 964. The number of anilines is 1. The van der Waals surface area contributed by atoms with Gasteiger partial charge in [0.1, 0.15) is 0 Å². The molecular weight excluding hydrogens is 256 g/mol. The van der Waals surface area contributed by atoms with E-state index in [0.29, 0.717) is 0 Å². The van der Waals surface area contributed by atoms with E-state index < -0.39 is 0 Å². The number of nitrogens with two attached hydrogens (primary N) is 1. The van der Waals surface area contributed by atoms with Gasteiger partial charge in [-0.1, -0.05) is 48.5 Å². The van der Waals surface area contributed by atoms with Gasteiger partial charge in [0.05, 0.1) is 5.52 Å². The molecule has 4 aromatic rings. The fourth-order valence-corrected chi connectivity index (χ4v) is 3.02. The van der Waals surface area contributed by atoms with Crippen molar-refractivity contribution in [3.63, 3.8) is 0 Å². The Morgan fingerprint density at radius 3 is 2.48 bits per heavy atom. The van der Waals surface area contributed by atoms with Gasteiger partial charge >= 0.3 is 0 Å². The fraction of sp³-hybridized carbons (Fsp3) is 0.0526. The first kappa shape index (κ1) is 12.0. The molecule has 1 aromatic heterocycles. The largest absolute Gasteiger partial charge is 0.398 e. The summed E-state index contributed by atoms with van der Waals surface area (Å²) in [6.45, 7) is 2.06. The van der Waals surface area contributed by atoms with E-state index in [0.717, 1.165) is 27.8 Å². The molecule has 0 amide bonds. The van der Waals surface area contributed by atoms with Crippen LogP contribution in [0.5, 0.6) is 0 Å². The van der Waals surface area contributed by atoms with Gasteiger partial charge in [-0.3, -0.25) is 0 Å². The molecule has 2 heteroatoms. The van der Waals surface area contributed by atoms with Crippen LogP contribution in [0.3, 0.4) is 0 Å². The van der Waals surface area contributed by atoms with Crippen LogP contribution in [0.25, 0.3) is 32.9 Å². The molecule has 2 nitrogen and oxygen atoms in total. The average Bonchev–Trinajstić information content (AvgIpc) is 2.86. The molecule has 0 saturated carbocycles. The summed E-state index contributed by atoms with van der Waals surface area (Å²) >= 11 is 0. The van der Waals surface area contributed by atoms with Crippen molar-refractivity contribution in [3.05, 3.63) is 66.2 Å². The highest BCUT2D eigenvalue weighted by Gasteiger charge is 2.11. The van der Waals surface area contributed by atoms with Crippen LogP contribution < -0.4 is 5.73 Å². The van der Waals surface area contributed by atoms with Gasteiger partial charge in [0.15, 0.2) is 0 Å². The number of fused-ring (bicyclic) bond motifs is 3. The van der Waals surface area contributed by atoms with Crippen LogP contribution in [-0.4, -0.2) is 4.98 Å². The molecule has 0 fully saturated rings. The normalized spacial score (nSPS) is 11.3. The van der Waals surface area contributed by atoms with Crippen molar-refractivity contribution < 1.29 is 0 Å². The summed E-state index contributed by atoms with van der Waals surface area (Å²) in [5, 5.41) is 2.49. The number of hydrogen-bond donors (Lipinski definition) is 2. The zero-order valence-electron chi connectivity index (χ0n) is 11.9. The number of para-hydroxylation sites is 2. The lowest BCUT2D eigenvalue weighted by molar-refractivity contribution is 1.46. The third-order valence-corrected chi connectivity index (χ3v) is 4.04. The SMILES string of the molecule is Cc1ccc(-c2cccc3c2[nH]c2ccccc23)c(N)c1. The Balaban J connectivity index is 2.09. The van der Waals surface area contributed by atoms with Crippen LogP contribution in [0.4, 0.5) is 5.69 Å². The predicted octanol–water partition coefficient (Wildman–Crippen LogP) is 4.88. The maximum absolute atomic E-state index is 6.22. The van der Waals surface area contributed by atoms with Crippen LogP contribution in [0.2, 0.25) is 0 Å². The third kappa shape index (κ3) is 1.80. The number of nitrogens with one attached hydrogen (secondary N) is 1. The maximum Gasteiger partial charge on any atom is 0.0545 e. The van der Waals surface area contributed by atoms with Crippen molar-refractivity contribution >= 4 is 27.5 Å². The molecule has 0 aliphatic rings. The number of H-pyrrole nitrogens is 1. The molecule has 21 heavy (non-hydrogen) atoms. The monoisotopic (exact) mass is 272 g/mol. The first-order chi connectivity index (χ1) is 10.2. The molecule has 0 aliphatic carbocycles. The second-order valence-corrected chi connectivity index (χ2v) is 5.49. The van der Waals surface area contributed by atoms with Crippen molar-refractivity contribution in [2.24, 2.45) is 0 Å². The second-order valence-electron chi connectivity index (χ2n) is 5.49. The number of aromatic amines is 1. The fourth-order valence-electron chi connectivity index (χ4n) is 3.02. The third-order valence-electron chi connectivity index (χ3n) is 4.04. The van der Waals surface area contributed by atoms with Gasteiger partial charge in [0, 0.05) is 33.1 Å². The average molecular weight is 272 g/mol. The minimum atomic E-state index is 0.821. The van der Waals surface area contributed by atoms with Gasteiger partial charge in [0.2, 0.25) is 0 Å². The van der Waals surface area contributed by atoms with E-state index in [1.54, 1.807) is 0 Å². The highest BCUT2D eigenvalue weighted by Crippen LogP contribution is 2.35. The number of aromatic nitrogens is 1. The van der Waals surface area contributed by atoms with E-state index >= 15 is 0 Å². The number of aryl methyl sites for hydroxylation is 1. The number of nitrogen functional groups attached to an aromatic ring is 1. The molecule has 0 spiro atoms. The van der Waals surface area contributed by atoms with Crippen molar-refractivity contribution in [1.82, 2.24) is 4.98 Å². The van der Waals surface area contributed by atoms with E-state index in [1.807, 2.05) is 6.07 Å². The highest BCUT2D eigenvalue weighted by molar-refractivity contribution is 6.12. The van der Waals surface area contributed by atoms with E-state index in [-0.39, 0.29) is 0 Å². The molecular formula is C19H16N2. The first-order valence-corrected chi connectivity index (χ1v) is 7.10. The van der Waals surface area contributed by atoms with Crippen molar-refractivity contribution in [3.8, 4) is 11.1 Å². The lowest BCUT2D eigenvalue weighted by Gasteiger charge is -2.08. The Kier molecular flexibility index (Phi) is 2.51. The van der Waals surface area contributed by atoms with Gasteiger partial charge in [-0.25, -0.2) is 0 Å². The summed E-state index contributed by atoms with van der Waals surface area (Å²) in [5.41, 5.74) is 12.8. The lowest BCUT2D eigenvalue weighted by Crippen LogP contribution is -1.91. The molecule has 0 aliphatic heterocycles. The summed E-state index contributed by atoms with van der Waals surface area (Å²) in [6, 6.07) is 21.0. The molecule has 0 unspecified atom stereocenters. The van der Waals surface area contributed by atoms with E-state index in [4.69, 9.17) is 5.73 Å². The zero-order valence-corrected chi connectivity index (χ0v) is 11.9. The lowest BCUT2D eigenvalue weighted by atomic mass is 9.99. The summed E-state index contributed by atoms with van der Waals surface area (Å²) in [7, 11) is 0. The Morgan fingerprint density at radius 1 is 0.810 bits per heavy atom. The van der Waals surface area contributed by atoms with Gasteiger partial charge in [-0.2, -0.15) is 0 Å².